The molecule has 0 amide bonds. The van der Waals surface area contributed by atoms with Crippen molar-refractivity contribution in [2.24, 2.45) is 0 Å². The maximum Gasteiger partial charge on any atom is 0.225 e. The third-order valence-electron chi connectivity index (χ3n) is 3.56. The van der Waals surface area contributed by atoms with E-state index in [0.717, 1.165) is 5.69 Å². The second-order valence-electron chi connectivity index (χ2n) is 7.00. The molecule has 134 valence electrons. The van der Waals surface area contributed by atoms with E-state index in [9.17, 15) is 4.39 Å². The molecule has 0 fully saturated rings. The maximum atomic E-state index is 13.8. The molecule has 0 bridgehead atoms. The minimum Gasteiger partial charge on any atom is -0.366 e. The highest BCUT2D eigenvalue weighted by Crippen LogP contribution is 2.22. The molecular formula is C20H22FN5. The summed E-state index contributed by atoms with van der Waals surface area (Å²) in [5, 5.41) is 6.46. The Labute approximate surface area is 152 Å². The summed E-state index contributed by atoms with van der Waals surface area (Å²) in [6.45, 7) is 6.45. The van der Waals surface area contributed by atoms with Crippen LogP contribution in [0.25, 0.3) is 11.4 Å². The number of hydrogen-bond donors (Lipinski definition) is 2. The Hall–Kier alpha value is -3.02. The normalized spacial score (nSPS) is 11.2. The van der Waals surface area contributed by atoms with Gasteiger partial charge < -0.3 is 10.6 Å². The highest BCUT2D eigenvalue weighted by Gasteiger charge is 2.14. The minimum absolute atomic E-state index is 0.189. The quantitative estimate of drug-likeness (QED) is 0.709. The molecule has 0 atom stereocenters. The van der Waals surface area contributed by atoms with E-state index in [4.69, 9.17) is 0 Å². The zero-order valence-electron chi connectivity index (χ0n) is 15.1. The molecule has 0 unspecified atom stereocenters. The Morgan fingerprint density at radius 3 is 2.42 bits per heavy atom. The fourth-order valence-corrected chi connectivity index (χ4v) is 2.40. The summed E-state index contributed by atoms with van der Waals surface area (Å²) in [4.78, 5) is 13.4. The van der Waals surface area contributed by atoms with Gasteiger partial charge in [-0.2, -0.15) is 4.98 Å². The lowest BCUT2D eigenvalue weighted by Crippen LogP contribution is -2.27. The van der Waals surface area contributed by atoms with Crippen molar-refractivity contribution in [1.29, 1.82) is 0 Å². The number of pyridine rings is 1. The molecule has 3 aromatic rings. The minimum atomic E-state index is -0.243. The van der Waals surface area contributed by atoms with Crippen LogP contribution in [0.5, 0.6) is 0 Å². The predicted octanol–water partition coefficient (Wildman–Crippen LogP) is 4.50. The highest BCUT2D eigenvalue weighted by atomic mass is 19.1. The molecule has 0 saturated heterocycles. The molecule has 2 N–H and O–H groups in total. The number of nitrogens with zero attached hydrogens (tertiary/aromatic N) is 3. The van der Waals surface area contributed by atoms with Crippen molar-refractivity contribution >= 4 is 11.8 Å². The van der Waals surface area contributed by atoms with E-state index in [1.54, 1.807) is 18.3 Å². The van der Waals surface area contributed by atoms with E-state index < -0.39 is 0 Å². The van der Waals surface area contributed by atoms with Crippen LogP contribution in [0, 0.1) is 5.82 Å². The second-order valence-corrected chi connectivity index (χ2v) is 7.00. The number of rotatable bonds is 5. The topological polar surface area (TPSA) is 62.7 Å². The standard InChI is InChI=1S/C20H22FN5/c1-20(2,3)26-19-24-17(16-10-6-7-11-22-16)12-18(25-19)23-13-14-8-4-5-9-15(14)21/h4-12H,13H2,1-3H3,(H2,23,24,25,26). The Balaban J connectivity index is 1.90. The van der Waals surface area contributed by atoms with E-state index >= 15 is 0 Å². The van der Waals surface area contributed by atoms with Gasteiger partial charge in [0, 0.05) is 29.9 Å². The molecular weight excluding hydrogens is 329 g/mol. The second kappa shape index (κ2) is 7.47. The summed E-state index contributed by atoms with van der Waals surface area (Å²) in [5.74, 6) is 0.861. The molecule has 5 nitrogen and oxygen atoms in total. The average molecular weight is 351 g/mol. The lowest BCUT2D eigenvalue weighted by Gasteiger charge is -2.21. The number of halogens is 1. The first kappa shape index (κ1) is 17.8. The molecule has 6 heteroatoms. The smallest absolute Gasteiger partial charge is 0.225 e. The Morgan fingerprint density at radius 2 is 1.73 bits per heavy atom. The van der Waals surface area contributed by atoms with Gasteiger partial charge in [0.25, 0.3) is 0 Å². The van der Waals surface area contributed by atoms with Gasteiger partial charge in [-0.15, -0.1) is 0 Å². The van der Waals surface area contributed by atoms with Crippen LogP contribution in [-0.4, -0.2) is 20.5 Å². The number of hydrogen-bond acceptors (Lipinski definition) is 5. The Bertz CT molecular complexity index is 875. The van der Waals surface area contributed by atoms with E-state index in [1.165, 1.54) is 6.07 Å². The lowest BCUT2D eigenvalue weighted by atomic mass is 10.1. The Kier molecular flexibility index (Phi) is 5.11. The molecule has 0 aliphatic heterocycles. The van der Waals surface area contributed by atoms with E-state index in [-0.39, 0.29) is 11.4 Å². The molecule has 1 aromatic carbocycles. The summed E-state index contributed by atoms with van der Waals surface area (Å²) >= 11 is 0. The first-order chi connectivity index (χ1) is 12.4. The van der Waals surface area contributed by atoms with Gasteiger partial charge in [-0.3, -0.25) is 4.98 Å². The monoisotopic (exact) mass is 351 g/mol. The SMILES string of the molecule is CC(C)(C)Nc1nc(NCc2ccccc2F)cc(-c2ccccn2)n1. The molecule has 0 aliphatic carbocycles. The van der Waals surface area contributed by atoms with Crippen LogP contribution in [0.1, 0.15) is 26.3 Å². The third kappa shape index (κ3) is 4.75. The first-order valence-electron chi connectivity index (χ1n) is 8.47. The largest absolute Gasteiger partial charge is 0.366 e. The summed E-state index contributed by atoms with van der Waals surface area (Å²) < 4.78 is 13.8. The van der Waals surface area contributed by atoms with Gasteiger partial charge >= 0.3 is 0 Å². The molecule has 0 radical (unpaired) electrons. The Morgan fingerprint density at radius 1 is 0.962 bits per heavy atom. The molecule has 2 aromatic heterocycles. The zero-order chi connectivity index (χ0) is 18.6. The molecule has 3 rings (SSSR count). The lowest BCUT2D eigenvalue weighted by molar-refractivity contribution is 0.613. The van der Waals surface area contributed by atoms with Crippen molar-refractivity contribution < 1.29 is 4.39 Å². The van der Waals surface area contributed by atoms with Crippen molar-refractivity contribution in [3.63, 3.8) is 0 Å². The van der Waals surface area contributed by atoms with Gasteiger partial charge in [-0.25, -0.2) is 9.37 Å². The molecule has 0 saturated carbocycles. The van der Waals surface area contributed by atoms with Crippen LogP contribution < -0.4 is 10.6 Å². The van der Waals surface area contributed by atoms with Crippen LogP contribution in [0.2, 0.25) is 0 Å². The van der Waals surface area contributed by atoms with Crippen LogP contribution in [0.15, 0.2) is 54.7 Å². The van der Waals surface area contributed by atoms with Gasteiger partial charge in [0.05, 0.1) is 11.4 Å². The highest BCUT2D eigenvalue weighted by molar-refractivity contribution is 5.61. The van der Waals surface area contributed by atoms with E-state index in [0.29, 0.717) is 29.6 Å². The van der Waals surface area contributed by atoms with Gasteiger partial charge in [0.1, 0.15) is 11.6 Å². The number of benzene rings is 1. The van der Waals surface area contributed by atoms with Crippen LogP contribution in [0.4, 0.5) is 16.2 Å². The van der Waals surface area contributed by atoms with Crippen LogP contribution >= 0.6 is 0 Å². The third-order valence-corrected chi connectivity index (χ3v) is 3.56. The summed E-state index contributed by atoms with van der Waals surface area (Å²) in [6.07, 6.45) is 1.72. The maximum absolute atomic E-state index is 13.8. The van der Waals surface area contributed by atoms with Crippen molar-refractivity contribution in [1.82, 2.24) is 15.0 Å². The summed E-state index contributed by atoms with van der Waals surface area (Å²) in [7, 11) is 0. The first-order valence-corrected chi connectivity index (χ1v) is 8.47. The van der Waals surface area contributed by atoms with E-state index in [1.807, 2.05) is 51.1 Å². The van der Waals surface area contributed by atoms with Gasteiger partial charge in [0.2, 0.25) is 5.95 Å². The number of aromatic nitrogens is 3. The van der Waals surface area contributed by atoms with Gasteiger partial charge in [0.15, 0.2) is 0 Å². The fourth-order valence-electron chi connectivity index (χ4n) is 2.40. The molecule has 0 spiro atoms. The number of anilines is 2. The molecule has 0 aliphatic rings. The van der Waals surface area contributed by atoms with Gasteiger partial charge in [-0.1, -0.05) is 24.3 Å². The molecule has 26 heavy (non-hydrogen) atoms. The number of nitrogens with one attached hydrogen (secondary N) is 2. The zero-order valence-corrected chi connectivity index (χ0v) is 15.1. The van der Waals surface area contributed by atoms with Crippen molar-refractivity contribution in [2.75, 3.05) is 10.6 Å². The predicted molar refractivity (Wildman–Crippen MR) is 102 cm³/mol. The average Bonchev–Trinajstić information content (AvgIpc) is 2.60. The van der Waals surface area contributed by atoms with Crippen molar-refractivity contribution in [3.8, 4) is 11.4 Å². The van der Waals surface area contributed by atoms with E-state index in [2.05, 4.69) is 25.6 Å². The van der Waals surface area contributed by atoms with Gasteiger partial charge in [-0.05, 0) is 39.0 Å². The van der Waals surface area contributed by atoms with Crippen LogP contribution in [0.3, 0.4) is 0 Å². The van der Waals surface area contributed by atoms with Crippen molar-refractivity contribution in [2.45, 2.75) is 32.9 Å². The summed E-state index contributed by atoms with van der Waals surface area (Å²) in [6, 6.07) is 14.2. The fraction of sp³-hybridized carbons (Fsp3) is 0.250. The van der Waals surface area contributed by atoms with Crippen LogP contribution in [-0.2, 0) is 6.54 Å². The summed E-state index contributed by atoms with van der Waals surface area (Å²) in [5.41, 5.74) is 1.84. The molecule has 2 heterocycles. The van der Waals surface area contributed by atoms with Crippen molar-refractivity contribution in [3.05, 3.63) is 66.1 Å².